The number of carbonyl (C=O) groups excluding carboxylic acids is 2. The summed E-state index contributed by atoms with van der Waals surface area (Å²) in [4.78, 5) is 24.4. The largest absolute Gasteiger partial charge is 0.464 e. The molecule has 0 amide bonds. The zero-order valence-corrected chi connectivity index (χ0v) is 16.1. The van der Waals surface area contributed by atoms with Crippen LogP contribution in [0.3, 0.4) is 0 Å². The van der Waals surface area contributed by atoms with Gasteiger partial charge >= 0.3 is 11.9 Å². The predicted octanol–water partition coefficient (Wildman–Crippen LogP) is 2.01. The summed E-state index contributed by atoms with van der Waals surface area (Å²) < 4.78 is 21.7. The standard InChI is InChI=1S/C22H24O7/c1-2-26-21(24)17(23)18-19(27-13-15-9-5-3-6-10-15)20(22(25)29-18)28-14-16-11-7-4-8-12-16/h3-12,17-20,23H,2,13-14H2,1H3/t17-,18-,19-,20+/m0/s1. The van der Waals surface area contributed by atoms with Crippen LogP contribution in [-0.2, 0) is 41.8 Å². The molecule has 1 N–H and O–H groups in total. The van der Waals surface area contributed by atoms with Crippen LogP contribution in [0.15, 0.2) is 60.7 Å². The summed E-state index contributed by atoms with van der Waals surface area (Å²) in [6, 6.07) is 18.7. The molecule has 7 nitrogen and oxygen atoms in total. The van der Waals surface area contributed by atoms with E-state index >= 15 is 0 Å². The quantitative estimate of drug-likeness (QED) is 0.644. The zero-order valence-electron chi connectivity index (χ0n) is 16.1. The van der Waals surface area contributed by atoms with Crippen LogP contribution in [0, 0.1) is 0 Å². The number of hydrogen-bond donors (Lipinski definition) is 1. The van der Waals surface area contributed by atoms with Gasteiger partial charge in [-0.2, -0.15) is 0 Å². The van der Waals surface area contributed by atoms with E-state index in [4.69, 9.17) is 18.9 Å². The third-order valence-corrected chi connectivity index (χ3v) is 4.50. The first kappa shape index (κ1) is 21.0. The second-order valence-corrected chi connectivity index (χ2v) is 6.58. The van der Waals surface area contributed by atoms with E-state index in [0.29, 0.717) is 0 Å². The second-order valence-electron chi connectivity index (χ2n) is 6.58. The van der Waals surface area contributed by atoms with Crippen molar-refractivity contribution in [3.8, 4) is 0 Å². The molecule has 154 valence electrons. The Hall–Kier alpha value is -2.74. The first-order valence-electron chi connectivity index (χ1n) is 9.46. The average molecular weight is 400 g/mol. The van der Waals surface area contributed by atoms with Gasteiger partial charge in [0.05, 0.1) is 19.8 Å². The number of esters is 2. The molecule has 3 rings (SSSR count). The van der Waals surface area contributed by atoms with Crippen molar-refractivity contribution in [3.05, 3.63) is 71.8 Å². The second kappa shape index (κ2) is 10.2. The minimum Gasteiger partial charge on any atom is -0.464 e. The molecular weight excluding hydrogens is 376 g/mol. The summed E-state index contributed by atoms with van der Waals surface area (Å²) in [5.74, 6) is -1.56. The van der Waals surface area contributed by atoms with Crippen molar-refractivity contribution in [2.24, 2.45) is 0 Å². The molecule has 1 heterocycles. The lowest BCUT2D eigenvalue weighted by molar-refractivity contribution is -0.168. The summed E-state index contributed by atoms with van der Waals surface area (Å²) in [6.07, 6.45) is -4.92. The molecule has 0 unspecified atom stereocenters. The fraction of sp³-hybridized carbons (Fsp3) is 0.364. The van der Waals surface area contributed by atoms with E-state index in [9.17, 15) is 14.7 Å². The summed E-state index contributed by atoms with van der Waals surface area (Å²) in [7, 11) is 0. The normalized spacial score (nSPS) is 22.1. The highest BCUT2D eigenvalue weighted by Gasteiger charge is 2.52. The number of aliphatic hydroxyl groups excluding tert-OH is 1. The number of carbonyl (C=O) groups is 2. The molecule has 0 saturated carbocycles. The van der Waals surface area contributed by atoms with Gasteiger partial charge in [-0.05, 0) is 18.1 Å². The van der Waals surface area contributed by atoms with Crippen molar-refractivity contribution in [2.75, 3.05) is 6.61 Å². The Balaban J connectivity index is 1.74. The van der Waals surface area contributed by atoms with E-state index in [1.54, 1.807) is 6.92 Å². The smallest absolute Gasteiger partial charge is 0.339 e. The van der Waals surface area contributed by atoms with Gasteiger partial charge in [0.15, 0.2) is 18.3 Å². The van der Waals surface area contributed by atoms with Crippen LogP contribution < -0.4 is 0 Å². The van der Waals surface area contributed by atoms with Crippen LogP contribution in [0.4, 0.5) is 0 Å². The molecule has 4 atom stereocenters. The highest BCUT2D eigenvalue weighted by Crippen LogP contribution is 2.27. The summed E-state index contributed by atoms with van der Waals surface area (Å²) in [6.45, 7) is 2.05. The third kappa shape index (κ3) is 5.41. The SMILES string of the molecule is CCOC(=O)[C@@H](O)[C@@H]1OC(=O)[C@H](OCc2ccccc2)[C@H]1OCc1ccccc1. The molecule has 0 bridgehead atoms. The maximum atomic E-state index is 12.4. The molecule has 2 aromatic rings. The maximum absolute atomic E-state index is 12.4. The zero-order chi connectivity index (χ0) is 20.6. The number of cyclic esters (lactones) is 1. The number of rotatable bonds is 9. The minimum absolute atomic E-state index is 0.0973. The van der Waals surface area contributed by atoms with E-state index in [1.165, 1.54) is 0 Å². The van der Waals surface area contributed by atoms with Crippen molar-refractivity contribution in [1.82, 2.24) is 0 Å². The number of aliphatic hydroxyl groups is 1. The van der Waals surface area contributed by atoms with E-state index in [-0.39, 0.29) is 19.8 Å². The van der Waals surface area contributed by atoms with E-state index in [2.05, 4.69) is 0 Å². The van der Waals surface area contributed by atoms with Gasteiger partial charge < -0.3 is 24.1 Å². The fourth-order valence-electron chi connectivity index (χ4n) is 3.05. The topological polar surface area (TPSA) is 91.3 Å². The Morgan fingerprint density at radius 2 is 1.55 bits per heavy atom. The van der Waals surface area contributed by atoms with Crippen LogP contribution in [0.2, 0.25) is 0 Å². The lowest BCUT2D eigenvalue weighted by atomic mass is 10.1. The van der Waals surface area contributed by atoms with Gasteiger partial charge in [-0.1, -0.05) is 60.7 Å². The molecule has 1 aliphatic heterocycles. The van der Waals surface area contributed by atoms with Gasteiger partial charge in [0, 0.05) is 0 Å². The van der Waals surface area contributed by atoms with Crippen LogP contribution in [-0.4, -0.2) is 48.1 Å². The Kier molecular flexibility index (Phi) is 7.35. The summed E-state index contributed by atoms with van der Waals surface area (Å²) >= 11 is 0. The Bertz CT molecular complexity index is 793. The van der Waals surface area contributed by atoms with Gasteiger partial charge in [-0.25, -0.2) is 9.59 Å². The molecule has 29 heavy (non-hydrogen) atoms. The van der Waals surface area contributed by atoms with Gasteiger partial charge in [-0.3, -0.25) is 0 Å². The Morgan fingerprint density at radius 1 is 1.00 bits per heavy atom. The molecule has 0 spiro atoms. The van der Waals surface area contributed by atoms with Crippen LogP contribution in [0.25, 0.3) is 0 Å². The Morgan fingerprint density at radius 3 is 2.10 bits per heavy atom. The highest BCUT2D eigenvalue weighted by molar-refractivity contribution is 5.81. The van der Waals surface area contributed by atoms with E-state index < -0.39 is 36.4 Å². The van der Waals surface area contributed by atoms with Gasteiger partial charge in [0.25, 0.3) is 0 Å². The highest BCUT2D eigenvalue weighted by atomic mass is 16.6. The molecule has 2 aromatic carbocycles. The monoisotopic (exact) mass is 400 g/mol. The fourth-order valence-corrected chi connectivity index (χ4v) is 3.05. The van der Waals surface area contributed by atoms with Crippen LogP contribution >= 0.6 is 0 Å². The summed E-state index contributed by atoms with van der Waals surface area (Å²) in [5, 5.41) is 10.3. The van der Waals surface area contributed by atoms with Gasteiger partial charge in [0.2, 0.25) is 0 Å². The molecule has 1 saturated heterocycles. The van der Waals surface area contributed by atoms with E-state index in [0.717, 1.165) is 11.1 Å². The van der Waals surface area contributed by atoms with Gasteiger partial charge in [0.1, 0.15) is 6.10 Å². The van der Waals surface area contributed by atoms with E-state index in [1.807, 2.05) is 60.7 Å². The van der Waals surface area contributed by atoms with Crippen LogP contribution in [0.5, 0.6) is 0 Å². The minimum atomic E-state index is -1.66. The molecule has 1 aliphatic rings. The molecule has 0 aromatic heterocycles. The van der Waals surface area contributed by atoms with Crippen molar-refractivity contribution < 1.29 is 33.6 Å². The third-order valence-electron chi connectivity index (χ3n) is 4.50. The van der Waals surface area contributed by atoms with Gasteiger partial charge in [-0.15, -0.1) is 0 Å². The molecular formula is C22H24O7. The molecule has 0 radical (unpaired) electrons. The molecule has 7 heteroatoms. The van der Waals surface area contributed by atoms with Crippen LogP contribution in [0.1, 0.15) is 18.1 Å². The first-order chi connectivity index (χ1) is 14.1. The van der Waals surface area contributed by atoms with Crippen molar-refractivity contribution >= 4 is 11.9 Å². The number of ether oxygens (including phenoxy) is 4. The van der Waals surface area contributed by atoms with Crippen molar-refractivity contribution in [3.63, 3.8) is 0 Å². The molecule has 0 aliphatic carbocycles. The first-order valence-corrected chi connectivity index (χ1v) is 9.46. The Labute approximate surface area is 169 Å². The molecule has 1 fully saturated rings. The number of hydrogen-bond acceptors (Lipinski definition) is 7. The summed E-state index contributed by atoms with van der Waals surface area (Å²) in [5.41, 5.74) is 1.74. The number of benzene rings is 2. The predicted molar refractivity (Wildman–Crippen MR) is 103 cm³/mol. The van der Waals surface area contributed by atoms with Crippen molar-refractivity contribution in [2.45, 2.75) is 44.6 Å². The lowest BCUT2D eigenvalue weighted by Crippen LogP contribution is -2.45. The lowest BCUT2D eigenvalue weighted by Gasteiger charge is -2.24. The van der Waals surface area contributed by atoms with Crippen molar-refractivity contribution in [1.29, 1.82) is 0 Å². The average Bonchev–Trinajstić information content (AvgIpc) is 3.07. The maximum Gasteiger partial charge on any atom is 0.339 e.